The summed E-state index contributed by atoms with van der Waals surface area (Å²) in [6.45, 7) is 1.28. The quantitative estimate of drug-likeness (QED) is 0.275. The molecule has 0 aliphatic heterocycles. The van der Waals surface area contributed by atoms with Gasteiger partial charge in [0.15, 0.2) is 5.54 Å². The van der Waals surface area contributed by atoms with Crippen molar-refractivity contribution >= 4 is 40.9 Å². The Bertz CT molecular complexity index is 1150. The van der Waals surface area contributed by atoms with Crippen molar-refractivity contribution < 1.29 is 35.9 Å². The van der Waals surface area contributed by atoms with E-state index in [4.69, 9.17) is 11.6 Å². The molecule has 37 heavy (non-hydrogen) atoms. The third-order valence-corrected chi connectivity index (χ3v) is 7.82. The SMILES string of the molecule is C[C@@](C(=O)N[C@H]1CC2CC1CC2(F)F)(c1cncnc1)N(C(=O)[C@H](F)Cl)c1ccc(SC(F)(F)F)cc1. The van der Waals surface area contributed by atoms with Crippen molar-refractivity contribution in [1.82, 2.24) is 15.3 Å². The molecule has 1 aromatic carbocycles. The molecule has 2 amide bonds. The fourth-order valence-electron chi connectivity index (χ4n) is 5.11. The molecule has 6 nitrogen and oxygen atoms in total. The second kappa shape index (κ2) is 9.97. The molecule has 14 heteroatoms. The monoisotopic (exact) mass is 566 g/mol. The van der Waals surface area contributed by atoms with Gasteiger partial charge in [-0.25, -0.2) is 23.1 Å². The number of nitrogens with zero attached hydrogens (tertiary/aromatic N) is 3. The first-order valence-electron chi connectivity index (χ1n) is 11.1. The fourth-order valence-corrected chi connectivity index (χ4v) is 5.75. The summed E-state index contributed by atoms with van der Waals surface area (Å²) in [5, 5.41) is 2.73. The summed E-state index contributed by atoms with van der Waals surface area (Å²) in [5.41, 5.74) is -9.30. The summed E-state index contributed by atoms with van der Waals surface area (Å²) in [7, 11) is 0. The molecular formula is C23H21ClF6N4O2S. The number of amides is 2. The van der Waals surface area contributed by atoms with Gasteiger partial charge in [0.25, 0.3) is 23.4 Å². The molecule has 2 unspecified atom stereocenters. The van der Waals surface area contributed by atoms with E-state index in [0.29, 0.717) is 0 Å². The Balaban J connectivity index is 1.73. The van der Waals surface area contributed by atoms with Gasteiger partial charge in [0.1, 0.15) is 6.33 Å². The fraction of sp³-hybridized carbons (Fsp3) is 0.478. The van der Waals surface area contributed by atoms with Crippen molar-refractivity contribution in [3.63, 3.8) is 0 Å². The van der Waals surface area contributed by atoms with Gasteiger partial charge in [-0.1, -0.05) is 11.6 Å². The number of benzene rings is 1. The van der Waals surface area contributed by atoms with Crippen molar-refractivity contribution in [2.45, 2.75) is 59.7 Å². The molecule has 5 atom stereocenters. The van der Waals surface area contributed by atoms with Crippen LogP contribution in [0.5, 0.6) is 0 Å². The maximum Gasteiger partial charge on any atom is 0.446 e. The number of carbonyl (C=O) groups excluding carboxylic acids is 2. The lowest BCUT2D eigenvalue weighted by molar-refractivity contribution is -0.132. The average molecular weight is 567 g/mol. The van der Waals surface area contributed by atoms with Gasteiger partial charge >= 0.3 is 5.51 Å². The number of hydrogen-bond donors (Lipinski definition) is 1. The molecule has 1 aromatic heterocycles. The predicted octanol–water partition coefficient (Wildman–Crippen LogP) is 5.42. The van der Waals surface area contributed by atoms with Crippen LogP contribution in [-0.2, 0) is 15.1 Å². The minimum atomic E-state index is -4.57. The molecule has 0 spiro atoms. The molecule has 0 saturated heterocycles. The highest BCUT2D eigenvalue weighted by atomic mass is 35.5. The first-order chi connectivity index (χ1) is 17.2. The molecule has 4 rings (SSSR count). The van der Waals surface area contributed by atoms with Crippen molar-refractivity contribution in [3.05, 3.63) is 48.5 Å². The van der Waals surface area contributed by atoms with Gasteiger partial charge in [-0.05, 0) is 61.7 Å². The van der Waals surface area contributed by atoms with E-state index >= 15 is 0 Å². The minimum absolute atomic E-state index is 0.0311. The molecule has 2 aromatic rings. The summed E-state index contributed by atoms with van der Waals surface area (Å²) in [6.07, 6.45) is 3.48. The zero-order valence-electron chi connectivity index (χ0n) is 19.2. The number of halogens is 7. The van der Waals surface area contributed by atoms with Crippen LogP contribution < -0.4 is 10.2 Å². The van der Waals surface area contributed by atoms with E-state index in [9.17, 15) is 35.9 Å². The number of nitrogens with one attached hydrogen (secondary N) is 1. The maximum atomic E-state index is 14.2. The second-order valence-electron chi connectivity index (χ2n) is 9.19. The standard InChI is InChI=1S/C23H21ClF6N4O2S/c1-21(14-9-31-11-32-10-14,20(36)33-17-7-13-6-12(17)8-22(13,26)27)34(19(35)18(24)25)15-2-4-16(5-3-15)37-23(28,29)30/h2-5,9-13,17-18H,6-8H2,1H3,(H,33,36)/t12?,13?,17-,18-,21-/m0/s1. The van der Waals surface area contributed by atoms with Crippen LogP contribution >= 0.6 is 23.4 Å². The highest BCUT2D eigenvalue weighted by molar-refractivity contribution is 8.00. The summed E-state index contributed by atoms with van der Waals surface area (Å²) in [4.78, 5) is 35.1. The van der Waals surface area contributed by atoms with Crippen LogP contribution in [0.2, 0.25) is 0 Å². The van der Waals surface area contributed by atoms with Gasteiger partial charge in [-0.3, -0.25) is 14.5 Å². The normalized spacial score (nSPS) is 24.8. The number of anilines is 1. The van der Waals surface area contributed by atoms with Crippen LogP contribution in [0.25, 0.3) is 0 Å². The van der Waals surface area contributed by atoms with Crippen LogP contribution in [0.15, 0.2) is 47.9 Å². The van der Waals surface area contributed by atoms with E-state index in [-0.39, 0.29) is 35.4 Å². The lowest BCUT2D eigenvalue weighted by atomic mass is 9.87. The second-order valence-corrected chi connectivity index (χ2v) is 10.7. The van der Waals surface area contributed by atoms with Crippen molar-refractivity contribution in [1.29, 1.82) is 0 Å². The van der Waals surface area contributed by atoms with Gasteiger partial charge in [-0.15, -0.1) is 0 Å². The molecule has 0 radical (unpaired) electrons. The van der Waals surface area contributed by atoms with E-state index in [1.807, 2.05) is 0 Å². The predicted molar refractivity (Wildman–Crippen MR) is 124 cm³/mol. The van der Waals surface area contributed by atoms with E-state index < -0.39 is 64.1 Å². The summed E-state index contributed by atoms with van der Waals surface area (Å²) >= 11 is 5.10. The number of hydrogen-bond acceptors (Lipinski definition) is 5. The number of rotatable bonds is 7. The Morgan fingerprint density at radius 2 is 1.78 bits per heavy atom. The largest absolute Gasteiger partial charge is 0.446 e. The Labute approximate surface area is 217 Å². The Morgan fingerprint density at radius 1 is 1.16 bits per heavy atom. The number of carbonyl (C=O) groups is 2. The first-order valence-corrected chi connectivity index (χ1v) is 12.4. The molecule has 200 valence electrons. The van der Waals surface area contributed by atoms with Gasteiger partial charge in [0.2, 0.25) is 0 Å². The molecule has 2 aliphatic carbocycles. The van der Waals surface area contributed by atoms with Crippen LogP contribution in [0.1, 0.15) is 31.7 Å². The third-order valence-electron chi connectivity index (χ3n) is 6.89. The van der Waals surface area contributed by atoms with Crippen LogP contribution in [0, 0.1) is 11.8 Å². The van der Waals surface area contributed by atoms with E-state index in [2.05, 4.69) is 15.3 Å². The number of aromatic nitrogens is 2. The smallest absolute Gasteiger partial charge is 0.351 e. The third kappa shape index (κ3) is 5.52. The lowest BCUT2D eigenvalue weighted by Gasteiger charge is -2.41. The number of alkyl halides is 7. The molecule has 2 fully saturated rings. The molecular weight excluding hydrogens is 546 g/mol. The molecule has 1 N–H and O–H groups in total. The number of fused-ring (bicyclic) bond motifs is 2. The highest BCUT2D eigenvalue weighted by Gasteiger charge is 2.58. The average Bonchev–Trinajstić information content (AvgIpc) is 3.35. The molecule has 1 heterocycles. The summed E-state index contributed by atoms with van der Waals surface area (Å²) in [5.74, 6) is -6.38. The zero-order chi connectivity index (χ0) is 27.2. The van der Waals surface area contributed by atoms with Crippen LogP contribution in [-0.4, -0.2) is 44.9 Å². The number of thioether (sulfide) groups is 1. The van der Waals surface area contributed by atoms with E-state index in [1.54, 1.807) is 0 Å². The topological polar surface area (TPSA) is 75.2 Å². The summed E-state index contributed by atoms with van der Waals surface area (Å²) in [6, 6.07) is 3.76. The van der Waals surface area contributed by atoms with Crippen LogP contribution in [0.4, 0.5) is 32.0 Å². The van der Waals surface area contributed by atoms with Crippen molar-refractivity contribution in [2.75, 3.05) is 4.90 Å². The van der Waals surface area contributed by atoms with Gasteiger partial charge < -0.3 is 5.32 Å². The minimum Gasteiger partial charge on any atom is -0.351 e. The lowest BCUT2D eigenvalue weighted by Crippen LogP contribution is -2.60. The zero-order valence-corrected chi connectivity index (χ0v) is 20.8. The van der Waals surface area contributed by atoms with Crippen LogP contribution in [0.3, 0.4) is 0 Å². The Morgan fingerprint density at radius 3 is 2.27 bits per heavy atom. The Hall–Kier alpha value is -2.54. The summed E-state index contributed by atoms with van der Waals surface area (Å²) < 4.78 is 80.6. The Kier molecular flexibility index (Phi) is 7.41. The molecule has 2 saturated carbocycles. The van der Waals surface area contributed by atoms with Gasteiger partial charge in [-0.2, -0.15) is 13.2 Å². The molecule has 2 bridgehead atoms. The van der Waals surface area contributed by atoms with E-state index in [0.717, 1.165) is 35.5 Å². The maximum absolute atomic E-state index is 14.2. The molecule has 2 aliphatic rings. The van der Waals surface area contributed by atoms with Crippen molar-refractivity contribution in [3.8, 4) is 0 Å². The van der Waals surface area contributed by atoms with E-state index in [1.165, 1.54) is 19.3 Å². The first kappa shape index (κ1) is 27.5. The highest BCUT2D eigenvalue weighted by Crippen LogP contribution is 2.54. The van der Waals surface area contributed by atoms with Gasteiger partial charge in [0, 0.05) is 46.9 Å². The van der Waals surface area contributed by atoms with Gasteiger partial charge in [0.05, 0.1) is 0 Å². The van der Waals surface area contributed by atoms with Crippen molar-refractivity contribution in [2.24, 2.45) is 11.8 Å².